The van der Waals surface area contributed by atoms with E-state index >= 15 is 0 Å². The van der Waals surface area contributed by atoms with E-state index in [1.54, 1.807) is 0 Å². The molecule has 11 rings (SSSR count). The highest BCUT2D eigenvalue weighted by molar-refractivity contribution is 7.26. The average Bonchev–Trinajstić information content (AvgIpc) is 3.88. The van der Waals surface area contributed by atoms with Crippen LogP contribution in [0.15, 0.2) is 162 Å². The summed E-state index contributed by atoms with van der Waals surface area (Å²) in [6.45, 7) is 0. The Hall–Kier alpha value is -6.63. The van der Waals surface area contributed by atoms with Gasteiger partial charge in [0, 0.05) is 58.4 Å². The summed E-state index contributed by atoms with van der Waals surface area (Å²) < 4.78 is 11.3. The lowest BCUT2D eigenvalue weighted by atomic mass is 9.96. The van der Waals surface area contributed by atoms with Crippen molar-refractivity contribution in [3.05, 3.63) is 158 Å². The summed E-state index contributed by atoms with van der Waals surface area (Å²) in [6, 6.07) is 54.8. The third-order valence-electron chi connectivity index (χ3n) is 9.89. The minimum absolute atomic E-state index is 0.566. The first-order valence-electron chi connectivity index (χ1n) is 17.0. The summed E-state index contributed by atoms with van der Waals surface area (Å²) in [5.41, 5.74) is 7.82. The van der Waals surface area contributed by atoms with Crippen molar-refractivity contribution in [1.29, 1.82) is 0 Å². The van der Waals surface area contributed by atoms with E-state index in [9.17, 15) is 0 Å². The lowest BCUT2D eigenvalue weighted by Gasteiger charge is -2.12. The highest BCUT2D eigenvalue weighted by Crippen LogP contribution is 2.45. The zero-order valence-corrected chi connectivity index (χ0v) is 27.9. The van der Waals surface area contributed by atoms with Crippen LogP contribution in [0, 0.1) is 0 Å². The molecular weight excluding hydrogens is 645 g/mol. The molecule has 0 N–H and O–H groups in total. The lowest BCUT2D eigenvalue weighted by Crippen LogP contribution is -2.06. The SMILES string of the molecule is c1ccc(-c2nc(-c3cccc4oc5cccc(-c6cccc7c6sc6ccccc67)c5c34)nc(-n3c4ccccc4c4ccccc43)n2)cc1. The number of hydrogen-bond acceptors (Lipinski definition) is 5. The van der Waals surface area contributed by atoms with Gasteiger partial charge >= 0.3 is 0 Å². The van der Waals surface area contributed by atoms with Crippen LogP contribution in [0.3, 0.4) is 0 Å². The fourth-order valence-electron chi connectivity index (χ4n) is 7.68. The lowest BCUT2D eigenvalue weighted by molar-refractivity contribution is 0.669. The van der Waals surface area contributed by atoms with Gasteiger partial charge in [0.05, 0.1) is 11.0 Å². The van der Waals surface area contributed by atoms with Crippen molar-refractivity contribution in [1.82, 2.24) is 19.5 Å². The second-order valence-corrected chi connectivity index (χ2v) is 13.8. The van der Waals surface area contributed by atoms with E-state index in [4.69, 9.17) is 19.4 Å². The predicted octanol–water partition coefficient (Wildman–Crippen LogP) is 12.2. The summed E-state index contributed by atoms with van der Waals surface area (Å²) in [5, 5.41) is 6.88. The van der Waals surface area contributed by atoms with Gasteiger partial charge in [-0.3, -0.25) is 4.57 Å². The molecule has 0 fully saturated rings. The van der Waals surface area contributed by atoms with Crippen LogP contribution in [0.2, 0.25) is 0 Å². The average molecular weight is 671 g/mol. The Kier molecular flexibility index (Phi) is 6.05. The Balaban J connectivity index is 1.22. The van der Waals surface area contributed by atoms with Crippen LogP contribution in [-0.2, 0) is 0 Å². The van der Waals surface area contributed by atoms with Crippen molar-refractivity contribution in [2.45, 2.75) is 0 Å². The fourth-order valence-corrected chi connectivity index (χ4v) is 8.91. The maximum atomic E-state index is 6.61. The molecule has 0 spiro atoms. The van der Waals surface area contributed by atoms with Crippen LogP contribution < -0.4 is 0 Å². The third kappa shape index (κ3) is 4.24. The molecule has 0 amide bonds. The molecular formula is C45H26N4OS. The summed E-state index contributed by atoms with van der Waals surface area (Å²) >= 11 is 1.84. The van der Waals surface area contributed by atoms with Crippen LogP contribution in [0.25, 0.3) is 104 Å². The Morgan fingerprint density at radius 1 is 0.431 bits per heavy atom. The van der Waals surface area contributed by atoms with Crippen LogP contribution in [0.4, 0.5) is 0 Å². The minimum Gasteiger partial charge on any atom is -0.456 e. The Morgan fingerprint density at radius 2 is 1.00 bits per heavy atom. The summed E-state index contributed by atoms with van der Waals surface area (Å²) in [6.07, 6.45) is 0. The first-order valence-corrected chi connectivity index (χ1v) is 17.8. The number of benzene rings is 7. The van der Waals surface area contributed by atoms with E-state index in [-0.39, 0.29) is 0 Å². The van der Waals surface area contributed by atoms with Gasteiger partial charge in [0.15, 0.2) is 11.6 Å². The van der Waals surface area contributed by atoms with Crippen LogP contribution >= 0.6 is 11.3 Å². The van der Waals surface area contributed by atoms with Crippen molar-refractivity contribution in [3.63, 3.8) is 0 Å². The van der Waals surface area contributed by atoms with Crippen LogP contribution in [0.5, 0.6) is 0 Å². The van der Waals surface area contributed by atoms with E-state index in [0.717, 1.165) is 60.4 Å². The number of hydrogen-bond donors (Lipinski definition) is 0. The second kappa shape index (κ2) is 10.9. The molecule has 238 valence electrons. The molecule has 0 aliphatic rings. The van der Waals surface area contributed by atoms with E-state index in [1.165, 1.54) is 25.7 Å². The molecule has 0 aliphatic carbocycles. The molecule has 0 unspecified atom stereocenters. The summed E-state index contributed by atoms with van der Waals surface area (Å²) in [4.78, 5) is 15.6. The Bertz CT molecular complexity index is 3100. The van der Waals surface area contributed by atoms with Crippen molar-refractivity contribution in [3.8, 4) is 39.9 Å². The normalized spacial score (nSPS) is 11.9. The van der Waals surface area contributed by atoms with Gasteiger partial charge < -0.3 is 4.42 Å². The number of fused-ring (bicyclic) bond motifs is 9. The Labute approximate surface area is 295 Å². The number of thiophene rings is 1. The molecule has 6 heteroatoms. The minimum atomic E-state index is 0.566. The molecule has 0 saturated carbocycles. The van der Waals surface area contributed by atoms with Gasteiger partial charge in [-0.25, -0.2) is 4.98 Å². The molecule has 0 bridgehead atoms. The van der Waals surface area contributed by atoms with Gasteiger partial charge in [-0.2, -0.15) is 9.97 Å². The second-order valence-electron chi connectivity index (χ2n) is 12.8. The van der Waals surface area contributed by atoms with Crippen molar-refractivity contribution >= 4 is 75.3 Å². The Morgan fingerprint density at radius 3 is 1.76 bits per heavy atom. The van der Waals surface area contributed by atoms with E-state index in [2.05, 4.69) is 120 Å². The van der Waals surface area contributed by atoms with Gasteiger partial charge in [-0.05, 0) is 35.9 Å². The molecule has 4 aromatic heterocycles. The fraction of sp³-hybridized carbons (Fsp3) is 0. The van der Waals surface area contributed by atoms with E-state index in [0.29, 0.717) is 17.6 Å². The summed E-state index contributed by atoms with van der Waals surface area (Å²) in [5.74, 6) is 1.76. The number of nitrogens with zero attached hydrogens (tertiary/aromatic N) is 4. The van der Waals surface area contributed by atoms with Gasteiger partial charge in [-0.15, -0.1) is 11.3 Å². The molecule has 5 nitrogen and oxygen atoms in total. The topological polar surface area (TPSA) is 56.7 Å². The molecule has 0 saturated heterocycles. The van der Waals surface area contributed by atoms with Gasteiger partial charge in [-0.1, -0.05) is 127 Å². The van der Waals surface area contributed by atoms with Crippen LogP contribution in [-0.4, -0.2) is 19.5 Å². The smallest absolute Gasteiger partial charge is 0.238 e. The monoisotopic (exact) mass is 670 g/mol. The van der Waals surface area contributed by atoms with Gasteiger partial charge in [0.1, 0.15) is 11.2 Å². The van der Waals surface area contributed by atoms with E-state index in [1.807, 2.05) is 53.8 Å². The highest BCUT2D eigenvalue weighted by Gasteiger charge is 2.22. The molecule has 0 radical (unpaired) electrons. The van der Waals surface area contributed by atoms with Crippen LogP contribution in [0.1, 0.15) is 0 Å². The highest BCUT2D eigenvalue weighted by atomic mass is 32.1. The first-order chi connectivity index (χ1) is 25.3. The molecule has 4 heterocycles. The number of aromatic nitrogens is 4. The van der Waals surface area contributed by atoms with Gasteiger partial charge in [0.25, 0.3) is 0 Å². The molecule has 0 atom stereocenters. The molecule has 51 heavy (non-hydrogen) atoms. The largest absolute Gasteiger partial charge is 0.456 e. The third-order valence-corrected chi connectivity index (χ3v) is 11.1. The zero-order chi connectivity index (χ0) is 33.5. The number of para-hydroxylation sites is 2. The molecule has 11 aromatic rings. The standard InChI is InChI=1S/C45H26N4OS/c1-2-13-27(14-3-1)43-46-44(48-45(47-43)49-35-22-7-4-15-28(35)29-16-5-8-23-36(29)49)34-21-12-25-38-41(34)40-31(18-11-24-37(40)50-38)33-20-10-19-32-30-17-6-9-26-39(30)51-42(32)33/h1-26H. The molecule has 0 aliphatic heterocycles. The van der Waals surface area contributed by atoms with Crippen molar-refractivity contribution < 1.29 is 4.42 Å². The quantitative estimate of drug-likeness (QED) is 0.187. The predicted molar refractivity (Wildman–Crippen MR) is 211 cm³/mol. The summed E-state index contributed by atoms with van der Waals surface area (Å²) in [7, 11) is 0. The molecule has 7 aromatic carbocycles. The maximum absolute atomic E-state index is 6.61. The van der Waals surface area contributed by atoms with Crippen molar-refractivity contribution in [2.75, 3.05) is 0 Å². The van der Waals surface area contributed by atoms with Crippen molar-refractivity contribution in [2.24, 2.45) is 0 Å². The van der Waals surface area contributed by atoms with E-state index < -0.39 is 0 Å². The van der Waals surface area contributed by atoms with Gasteiger partial charge in [0.2, 0.25) is 5.95 Å². The number of rotatable bonds is 4. The maximum Gasteiger partial charge on any atom is 0.238 e. The first kappa shape index (κ1) is 28.2. The zero-order valence-electron chi connectivity index (χ0n) is 27.1. The number of furan rings is 1.